The van der Waals surface area contributed by atoms with Crippen molar-refractivity contribution >= 4 is 34.0 Å². The molecule has 0 fully saturated rings. The van der Waals surface area contributed by atoms with Gasteiger partial charge >= 0.3 is 0 Å². The van der Waals surface area contributed by atoms with Gasteiger partial charge in [0.05, 0.1) is 4.90 Å². The van der Waals surface area contributed by atoms with Crippen LogP contribution in [0.2, 0.25) is 0 Å². The van der Waals surface area contributed by atoms with Crippen molar-refractivity contribution in [2.45, 2.75) is 37.1 Å². The van der Waals surface area contributed by atoms with Crippen LogP contribution in [0.5, 0.6) is 0 Å². The smallest absolute Gasteiger partial charge is 0.243 e. The van der Waals surface area contributed by atoms with E-state index in [9.17, 15) is 13.2 Å². The molecular weight excluding hydrogens is 326 g/mol. The third-order valence-corrected chi connectivity index (χ3v) is 5.81. The van der Waals surface area contributed by atoms with Gasteiger partial charge < -0.3 is 11.1 Å². The number of carbonyl (C=O) groups is 1. The molecule has 0 bridgehead atoms. The molecule has 0 aromatic heterocycles. The van der Waals surface area contributed by atoms with Gasteiger partial charge in [-0.2, -0.15) is 4.31 Å². The number of fused-ring (bicyclic) bond motifs is 1. The molecule has 0 radical (unpaired) electrons. The van der Waals surface area contributed by atoms with Crippen LogP contribution in [0, 0.1) is 0 Å². The van der Waals surface area contributed by atoms with Crippen LogP contribution in [0.3, 0.4) is 0 Å². The minimum atomic E-state index is -3.57. The molecule has 1 aliphatic heterocycles. The summed E-state index contributed by atoms with van der Waals surface area (Å²) in [6, 6.07) is 4.57. The summed E-state index contributed by atoms with van der Waals surface area (Å²) in [5, 5.41) is 2.80. The van der Waals surface area contributed by atoms with Gasteiger partial charge in [-0.15, -0.1) is 12.4 Å². The third kappa shape index (κ3) is 3.78. The monoisotopic (exact) mass is 347 g/mol. The summed E-state index contributed by atoms with van der Waals surface area (Å²) in [7, 11) is -2.04. The van der Waals surface area contributed by atoms with Gasteiger partial charge in [0.25, 0.3) is 0 Å². The zero-order chi connectivity index (χ0) is 15.6. The molecule has 1 atom stereocenters. The van der Waals surface area contributed by atoms with Gasteiger partial charge in [-0.1, -0.05) is 0 Å². The molecule has 1 unspecified atom stereocenters. The molecule has 1 heterocycles. The highest BCUT2D eigenvalue weighted by Gasteiger charge is 2.26. The number of nitrogens with one attached hydrogen (secondary N) is 1. The summed E-state index contributed by atoms with van der Waals surface area (Å²) in [5.41, 5.74) is 7.10. The number of nitrogens with zero attached hydrogens (tertiary/aromatic N) is 1. The Bertz CT molecular complexity index is 649. The van der Waals surface area contributed by atoms with E-state index < -0.39 is 10.0 Å². The summed E-state index contributed by atoms with van der Waals surface area (Å²) in [6.07, 6.45) is 1.87. The number of rotatable bonds is 4. The van der Waals surface area contributed by atoms with Crippen molar-refractivity contribution in [3.8, 4) is 0 Å². The molecule has 1 amide bonds. The van der Waals surface area contributed by atoms with E-state index in [-0.39, 0.29) is 35.8 Å². The number of halogens is 1. The van der Waals surface area contributed by atoms with Gasteiger partial charge in [-0.05, 0) is 43.5 Å². The number of aryl methyl sites for hydroxylation is 1. The third-order valence-electron chi connectivity index (χ3n) is 3.84. The van der Waals surface area contributed by atoms with E-state index in [4.69, 9.17) is 5.73 Å². The standard InChI is InChI=1S/C14H21N3O3S.ClH/c1-10(9-15)17(2)21(19,20)12-6-7-13-11(8-12)4-3-5-14(18)16-13;/h6-8,10H,3-5,9,15H2,1-2H3,(H,16,18);1H. The van der Waals surface area contributed by atoms with E-state index in [1.165, 1.54) is 17.4 Å². The lowest BCUT2D eigenvalue weighted by Gasteiger charge is -2.23. The fraction of sp³-hybridized carbons (Fsp3) is 0.500. The zero-order valence-corrected chi connectivity index (χ0v) is 14.3. The predicted molar refractivity (Wildman–Crippen MR) is 88.7 cm³/mol. The number of nitrogens with two attached hydrogens (primary N) is 1. The number of likely N-dealkylation sites (N-methyl/N-ethyl adjacent to an activating group) is 1. The van der Waals surface area contributed by atoms with E-state index in [2.05, 4.69) is 5.32 Å². The zero-order valence-electron chi connectivity index (χ0n) is 12.7. The average molecular weight is 348 g/mol. The lowest BCUT2D eigenvalue weighted by molar-refractivity contribution is -0.116. The van der Waals surface area contributed by atoms with Crippen molar-refractivity contribution < 1.29 is 13.2 Å². The van der Waals surface area contributed by atoms with Gasteiger partial charge in [-0.25, -0.2) is 8.42 Å². The quantitative estimate of drug-likeness (QED) is 0.859. The molecule has 0 saturated carbocycles. The molecule has 1 aromatic carbocycles. The Balaban J connectivity index is 0.00000242. The first-order valence-electron chi connectivity index (χ1n) is 6.97. The number of sulfonamides is 1. The number of amides is 1. The van der Waals surface area contributed by atoms with Crippen LogP contribution in [0.15, 0.2) is 23.1 Å². The number of benzene rings is 1. The van der Waals surface area contributed by atoms with Crippen molar-refractivity contribution in [1.29, 1.82) is 0 Å². The van der Waals surface area contributed by atoms with Crippen LogP contribution < -0.4 is 11.1 Å². The Morgan fingerprint density at radius 2 is 2.05 bits per heavy atom. The van der Waals surface area contributed by atoms with E-state index in [0.29, 0.717) is 18.5 Å². The minimum absolute atomic E-state index is 0. The van der Waals surface area contributed by atoms with E-state index >= 15 is 0 Å². The molecule has 0 aliphatic carbocycles. The molecule has 6 nitrogen and oxygen atoms in total. The Morgan fingerprint density at radius 3 is 2.68 bits per heavy atom. The van der Waals surface area contributed by atoms with Crippen molar-refractivity contribution in [3.05, 3.63) is 23.8 Å². The molecule has 1 aliphatic rings. The highest BCUT2D eigenvalue weighted by molar-refractivity contribution is 7.89. The molecule has 0 saturated heterocycles. The van der Waals surface area contributed by atoms with E-state index in [1.54, 1.807) is 19.1 Å². The number of hydrogen-bond donors (Lipinski definition) is 2. The Hall–Kier alpha value is -1.15. The minimum Gasteiger partial charge on any atom is -0.329 e. The lowest BCUT2D eigenvalue weighted by Crippen LogP contribution is -2.39. The topological polar surface area (TPSA) is 92.5 Å². The molecule has 22 heavy (non-hydrogen) atoms. The Labute approximate surface area is 137 Å². The van der Waals surface area contributed by atoms with Gasteiger partial charge in [0.2, 0.25) is 15.9 Å². The molecule has 8 heteroatoms. The maximum absolute atomic E-state index is 12.6. The molecule has 2 rings (SSSR count). The Kier molecular flexibility index (Phi) is 6.37. The fourth-order valence-electron chi connectivity index (χ4n) is 2.26. The summed E-state index contributed by atoms with van der Waals surface area (Å²) < 4.78 is 26.4. The molecule has 1 aromatic rings. The summed E-state index contributed by atoms with van der Waals surface area (Å²) in [4.78, 5) is 11.7. The van der Waals surface area contributed by atoms with Crippen LogP contribution in [0.4, 0.5) is 5.69 Å². The highest BCUT2D eigenvalue weighted by Crippen LogP contribution is 2.26. The van der Waals surface area contributed by atoms with Gasteiger partial charge in [0.15, 0.2) is 0 Å². The fourth-order valence-corrected chi connectivity index (χ4v) is 3.69. The van der Waals surface area contributed by atoms with Crippen molar-refractivity contribution in [2.75, 3.05) is 18.9 Å². The maximum Gasteiger partial charge on any atom is 0.243 e. The summed E-state index contributed by atoms with van der Waals surface area (Å²) in [6.45, 7) is 2.03. The summed E-state index contributed by atoms with van der Waals surface area (Å²) in [5.74, 6) is -0.0294. The molecule has 124 valence electrons. The normalized spacial score (nSPS) is 16.3. The van der Waals surface area contributed by atoms with E-state index in [0.717, 1.165) is 12.0 Å². The molecular formula is C14H22ClN3O3S. The second-order valence-electron chi connectivity index (χ2n) is 5.33. The largest absolute Gasteiger partial charge is 0.329 e. The number of hydrogen-bond acceptors (Lipinski definition) is 4. The highest BCUT2D eigenvalue weighted by atomic mass is 35.5. The van der Waals surface area contributed by atoms with Crippen molar-refractivity contribution in [2.24, 2.45) is 5.73 Å². The SMILES string of the molecule is CC(CN)N(C)S(=O)(=O)c1ccc2c(c1)CCCC(=O)N2.Cl. The van der Waals surface area contributed by atoms with Crippen LogP contribution >= 0.6 is 12.4 Å². The molecule has 3 N–H and O–H groups in total. The number of carbonyl (C=O) groups excluding carboxylic acids is 1. The van der Waals surface area contributed by atoms with E-state index in [1.807, 2.05) is 0 Å². The van der Waals surface area contributed by atoms with Crippen molar-refractivity contribution in [1.82, 2.24) is 4.31 Å². The van der Waals surface area contributed by atoms with Crippen LogP contribution in [-0.4, -0.2) is 38.3 Å². The Morgan fingerprint density at radius 1 is 1.36 bits per heavy atom. The average Bonchev–Trinajstić information content (AvgIpc) is 2.65. The van der Waals surface area contributed by atoms with Gasteiger partial charge in [-0.3, -0.25) is 4.79 Å². The molecule has 0 spiro atoms. The lowest BCUT2D eigenvalue weighted by atomic mass is 10.1. The van der Waals surface area contributed by atoms with Gasteiger partial charge in [0, 0.05) is 31.7 Å². The van der Waals surface area contributed by atoms with Crippen molar-refractivity contribution in [3.63, 3.8) is 0 Å². The van der Waals surface area contributed by atoms with Crippen LogP contribution in [0.25, 0.3) is 0 Å². The summed E-state index contributed by atoms with van der Waals surface area (Å²) >= 11 is 0. The second-order valence-corrected chi connectivity index (χ2v) is 7.32. The first kappa shape index (κ1) is 18.9. The van der Waals surface area contributed by atoms with Crippen LogP contribution in [0.1, 0.15) is 25.3 Å². The predicted octanol–water partition coefficient (Wildman–Crippen LogP) is 1.35. The van der Waals surface area contributed by atoms with Gasteiger partial charge in [0.1, 0.15) is 0 Å². The second kappa shape index (κ2) is 7.41. The first-order valence-corrected chi connectivity index (χ1v) is 8.41. The number of anilines is 1. The van der Waals surface area contributed by atoms with Crippen LogP contribution in [-0.2, 0) is 21.2 Å². The first-order chi connectivity index (χ1) is 9.86. The maximum atomic E-state index is 12.6.